The third kappa shape index (κ3) is 2.96. The number of carbonyl (C=O) groups excluding carboxylic acids is 1. The molecule has 1 aliphatic carbocycles. The predicted octanol–water partition coefficient (Wildman–Crippen LogP) is 3.05. The summed E-state index contributed by atoms with van der Waals surface area (Å²) in [6.45, 7) is 3.34. The lowest BCUT2D eigenvalue weighted by Gasteiger charge is -2.10. The molecule has 6 heteroatoms. The highest BCUT2D eigenvalue weighted by atomic mass is 79.9. The molecule has 1 aromatic carbocycles. The molecule has 0 saturated heterocycles. The molecule has 0 amide bonds. The van der Waals surface area contributed by atoms with E-state index in [2.05, 4.69) is 20.3 Å². The molecule has 0 bridgehead atoms. The molecule has 0 aliphatic heterocycles. The molecule has 0 saturated carbocycles. The van der Waals surface area contributed by atoms with Gasteiger partial charge >= 0.3 is 0 Å². The number of carbonyl (C=O) groups is 1. The number of sulfonamides is 1. The Balaban J connectivity index is 2.47. The second-order valence-corrected chi connectivity index (χ2v) is 6.87. The largest absolute Gasteiger partial charge is 0.290 e. The van der Waals surface area contributed by atoms with Gasteiger partial charge in [-0.05, 0) is 55.8 Å². The van der Waals surface area contributed by atoms with E-state index in [0.717, 1.165) is 4.47 Å². The van der Waals surface area contributed by atoms with E-state index in [9.17, 15) is 13.2 Å². The van der Waals surface area contributed by atoms with Crippen LogP contribution in [0.2, 0.25) is 0 Å². The van der Waals surface area contributed by atoms with E-state index in [4.69, 9.17) is 0 Å². The van der Waals surface area contributed by atoms with Crippen LogP contribution >= 0.6 is 15.9 Å². The van der Waals surface area contributed by atoms with Gasteiger partial charge in [0.15, 0.2) is 5.78 Å². The summed E-state index contributed by atoms with van der Waals surface area (Å²) in [6.07, 6.45) is 2.76. The van der Waals surface area contributed by atoms with Gasteiger partial charge in [-0.3, -0.25) is 4.79 Å². The van der Waals surface area contributed by atoms with Crippen molar-refractivity contribution < 1.29 is 13.2 Å². The summed E-state index contributed by atoms with van der Waals surface area (Å²) >= 11 is 3.25. The Morgan fingerprint density at radius 3 is 2.20 bits per heavy atom. The molecule has 0 unspecified atom stereocenters. The second-order valence-electron chi connectivity index (χ2n) is 4.35. The SMILES string of the molecule is CC1=C(C)/C(=N\S(=O)(=O)c2ccc(Br)cc2)C=CC1=O. The Hall–Kier alpha value is -1.53. The molecular weight excluding hydrogens is 342 g/mol. The quantitative estimate of drug-likeness (QED) is 0.767. The molecule has 104 valence electrons. The highest BCUT2D eigenvalue weighted by Crippen LogP contribution is 2.20. The van der Waals surface area contributed by atoms with Crippen LogP contribution in [0.25, 0.3) is 0 Å². The van der Waals surface area contributed by atoms with E-state index < -0.39 is 10.0 Å². The first kappa shape index (κ1) is 14.9. The fourth-order valence-electron chi connectivity index (χ4n) is 1.67. The van der Waals surface area contributed by atoms with Gasteiger partial charge < -0.3 is 0 Å². The van der Waals surface area contributed by atoms with E-state index in [1.54, 1.807) is 26.0 Å². The average molecular weight is 354 g/mol. The number of hydrogen-bond donors (Lipinski definition) is 0. The highest BCUT2D eigenvalue weighted by molar-refractivity contribution is 9.10. The Morgan fingerprint density at radius 1 is 1.00 bits per heavy atom. The topological polar surface area (TPSA) is 63.6 Å². The lowest BCUT2D eigenvalue weighted by atomic mass is 9.97. The highest BCUT2D eigenvalue weighted by Gasteiger charge is 2.18. The predicted molar refractivity (Wildman–Crippen MR) is 81.3 cm³/mol. The average Bonchev–Trinajstić information content (AvgIpc) is 2.40. The molecule has 0 radical (unpaired) electrons. The zero-order chi connectivity index (χ0) is 14.9. The van der Waals surface area contributed by atoms with Crippen LogP contribution in [0.4, 0.5) is 0 Å². The molecule has 20 heavy (non-hydrogen) atoms. The lowest BCUT2D eigenvalue weighted by Crippen LogP contribution is -2.13. The number of halogens is 1. The fourth-order valence-corrected chi connectivity index (χ4v) is 2.98. The lowest BCUT2D eigenvalue weighted by molar-refractivity contribution is -0.111. The van der Waals surface area contributed by atoms with Crippen molar-refractivity contribution in [2.24, 2.45) is 4.40 Å². The van der Waals surface area contributed by atoms with E-state index in [-0.39, 0.29) is 10.7 Å². The number of allylic oxidation sites excluding steroid dienone is 4. The van der Waals surface area contributed by atoms with Crippen LogP contribution in [0, 0.1) is 0 Å². The van der Waals surface area contributed by atoms with Gasteiger partial charge in [0.2, 0.25) is 0 Å². The maximum absolute atomic E-state index is 12.2. The third-order valence-corrected chi connectivity index (χ3v) is 4.87. The fraction of sp³-hybridized carbons (Fsp3) is 0.143. The normalized spacial score (nSPS) is 17.9. The molecule has 0 heterocycles. The van der Waals surface area contributed by atoms with Gasteiger partial charge in [0.25, 0.3) is 10.0 Å². The van der Waals surface area contributed by atoms with Gasteiger partial charge in [0.1, 0.15) is 0 Å². The Kier molecular flexibility index (Phi) is 4.06. The van der Waals surface area contributed by atoms with E-state index in [0.29, 0.717) is 16.9 Å². The second kappa shape index (κ2) is 5.46. The molecule has 0 fully saturated rings. The van der Waals surface area contributed by atoms with Crippen molar-refractivity contribution in [3.8, 4) is 0 Å². The van der Waals surface area contributed by atoms with Crippen molar-refractivity contribution in [3.63, 3.8) is 0 Å². The first-order valence-corrected chi connectivity index (χ1v) is 8.05. The molecule has 0 N–H and O–H groups in total. The minimum atomic E-state index is -3.78. The molecular formula is C14H12BrNO3S. The minimum Gasteiger partial charge on any atom is -0.290 e. The molecule has 2 rings (SSSR count). The van der Waals surface area contributed by atoms with Crippen molar-refractivity contribution in [1.29, 1.82) is 0 Å². The molecule has 4 nitrogen and oxygen atoms in total. The van der Waals surface area contributed by atoms with E-state index in [1.807, 2.05) is 0 Å². The smallest absolute Gasteiger partial charge is 0.282 e. The summed E-state index contributed by atoms with van der Waals surface area (Å²) in [5, 5.41) is 0. The van der Waals surface area contributed by atoms with Gasteiger partial charge in [0.05, 0.1) is 10.6 Å². The van der Waals surface area contributed by atoms with Crippen LogP contribution in [-0.4, -0.2) is 19.9 Å². The molecule has 1 aromatic rings. The summed E-state index contributed by atoms with van der Waals surface area (Å²) in [5.41, 5.74) is 1.39. The first-order valence-electron chi connectivity index (χ1n) is 5.82. The van der Waals surface area contributed by atoms with Crippen LogP contribution in [0.1, 0.15) is 13.8 Å². The van der Waals surface area contributed by atoms with Gasteiger partial charge in [-0.2, -0.15) is 12.8 Å². The number of nitrogens with zero attached hydrogens (tertiary/aromatic N) is 1. The van der Waals surface area contributed by atoms with Crippen molar-refractivity contribution in [3.05, 3.63) is 52.0 Å². The summed E-state index contributed by atoms with van der Waals surface area (Å²) < 4.78 is 29.0. The van der Waals surface area contributed by atoms with Crippen LogP contribution in [-0.2, 0) is 14.8 Å². The molecule has 0 spiro atoms. The Labute approximate surface area is 126 Å². The number of hydrogen-bond acceptors (Lipinski definition) is 3. The van der Waals surface area contributed by atoms with E-state index in [1.165, 1.54) is 24.3 Å². The van der Waals surface area contributed by atoms with Crippen molar-refractivity contribution in [2.45, 2.75) is 18.7 Å². The molecule has 0 aromatic heterocycles. The zero-order valence-electron chi connectivity index (χ0n) is 10.9. The van der Waals surface area contributed by atoms with Crippen LogP contribution in [0.5, 0.6) is 0 Å². The number of benzene rings is 1. The summed E-state index contributed by atoms with van der Waals surface area (Å²) in [5.74, 6) is -0.123. The Bertz CT molecular complexity index is 756. The zero-order valence-corrected chi connectivity index (χ0v) is 13.3. The monoisotopic (exact) mass is 353 g/mol. The van der Waals surface area contributed by atoms with Crippen LogP contribution < -0.4 is 0 Å². The summed E-state index contributed by atoms with van der Waals surface area (Å²) in [4.78, 5) is 11.6. The van der Waals surface area contributed by atoms with Crippen LogP contribution in [0.15, 0.2) is 61.3 Å². The van der Waals surface area contributed by atoms with E-state index >= 15 is 0 Å². The molecule has 1 aliphatic rings. The maximum Gasteiger partial charge on any atom is 0.282 e. The third-order valence-electron chi connectivity index (χ3n) is 3.04. The van der Waals surface area contributed by atoms with Crippen molar-refractivity contribution >= 4 is 37.4 Å². The summed E-state index contributed by atoms with van der Waals surface area (Å²) in [6, 6.07) is 6.24. The van der Waals surface area contributed by atoms with Gasteiger partial charge in [-0.25, -0.2) is 0 Å². The minimum absolute atomic E-state index is 0.115. The maximum atomic E-state index is 12.2. The van der Waals surface area contributed by atoms with Crippen molar-refractivity contribution in [2.75, 3.05) is 0 Å². The number of ketones is 1. The molecule has 0 atom stereocenters. The van der Waals surface area contributed by atoms with Crippen molar-refractivity contribution in [1.82, 2.24) is 0 Å². The Morgan fingerprint density at radius 2 is 1.60 bits per heavy atom. The van der Waals surface area contributed by atoms with Gasteiger partial charge in [-0.15, -0.1) is 0 Å². The standard InChI is InChI=1S/C14H12BrNO3S/c1-9-10(2)14(17)8-7-13(9)16-20(18,19)12-5-3-11(15)4-6-12/h3-8H,1-2H3/b16-13-. The summed E-state index contributed by atoms with van der Waals surface area (Å²) in [7, 11) is -3.78. The first-order chi connectivity index (χ1) is 9.31. The number of rotatable bonds is 2. The van der Waals surface area contributed by atoms with Gasteiger partial charge in [-0.1, -0.05) is 15.9 Å². The van der Waals surface area contributed by atoms with Crippen LogP contribution in [0.3, 0.4) is 0 Å². The van der Waals surface area contributed by atoms with Gasteiger partial charge in [0, 0.05) is 10.0 Å².